The highest BCUT2D eigenvalue weighted by atomic mass is 35.5. The number of hydrogen-bond donors (Lipinski definition) is 1. The van der Waals surface area contributed by atoms with E-state index in [0.29, 0.717) is 23.4 Å². The number of esters is 1. The van der Waals surface area contributed by atoms with E-state index in [1.165, 1.54) is 32.1 Å². The van der Waals surface area contributed by atoms with Crippen LogP contribution < -0.4 is 10.1 Å². The van der Waals surface area contributed by atoms with Crippen LogP contribution in [0.25, 0.3) is 0 Å². The molecule has 5 heteroatoms. The van der Waals surface area contributed by atoms with E-state index in [9.17, 15) is 4.79 Å². The Labute approximate surface area is 154 Å². The molecule has 4 fully saturated rings. The molecule has 4 nitrogen and oxygen atoms in total. The van der Waals surface area contributed by atoms with Crippen LogP contribution in [0.3, 0.4) is 0 Å². The average molecular weight is 364 g/mol. The molecule has 0 saturated heterocycles. The average Bonchev–Trinajstić information content (AvgIpc) is 2.59. The van der Waals surface area contributed by atoms with Crippen LogP contribution in [-0.4, -0.2) is 31.8 Å². The van der Waals surface area contributed by atoms with Crippen molar-refractivity contribution in [2.24, 2.45) is 23.7 Å². The molecule has 1 aromatic rings. The summed E-state index contributed by atoms with van der Waals surface area (Å²) in [6.07, 6.45) is 7.09. The van der Waals surface area contributed by atoms with E-state index in [4.69, 9.17) is 21.1 Å². The normalized spacial score (nSPS) is 32.6. The smallest absolute Gasteiger partial charge is 0.344 e. The molecule has 0 unspecified atom stereocenters. The van der Waals surface area contributed by atoms with Gasteiger partial charge >= 0.3 is 5.97 Å². The molecule has 0 radical (unpaired) electrons. The zero-order chi connectivity index (χ0) is 17.2. The standard InChI is InChI=1S/C20H26ClNO3/c21-17-1-3-18(4-2-17)25-12-19(23)24-6-5-22-20-15-8-13-7-14(10-15)11-16(20)9-13/h1-4,13-16,20,22H,5-12H2. The Morgan fingerprint density at radius 3 is 2.32 bits per heavy atom. The highest BCUT2D eigenvalue weighted by Crippen LogP contribution is 2.53. The first-order chi connectivity index (χ1) is 12.2. The van der Waals surface area contributed by atoms with Crippen LogP contribution in [0.2, 0.25) is 5.02 Å². The fourth-order valence-corrected chi connectivity index (χ4v) is 5.49. The Hall–Kier alpha value is -1.26. The molecule has 1 N–H and O–H groups in total. The van der Waals surface area contributed by atoms with E-state index in [2.05, 4.69) is 5.32 Å². The van der Waals surface area contributed by atoms with E-state index in [-0.39, 0.29) is 12.6 Å². The minimum atomic E-state index is -0.332. The van der Waals surface area contributed by atoms with E-state index < -0.39 is 0 Å². The summed E-state index contributed by atoms with van der Waals surface area (Å²) in [6, 6.07) is 7.58. The molecule has 0 atom stereocenters. The number of hydrogen-bond acceptors (Lipinski definition) is 4. The second-order valence-corrected chi connectivity index (χ2v) is 8.31. The number of halogens is 1. The second-order valence-electron chi connectivity index (χ2n) is 7.87. The van der Waals surface area contributed by atoms with Crippen molar-refractivity contribution < 1.29 is 14.3 Å². The minimum absolute atomic E-state index is 0.0698. The molecular formula is C20H26ClNO3. The topological polar surface area (TPSA) is 47.6 Å². The molecule has 0 amide bonds. The number of nitrogens with one attached hydrogen (secondary N) is 1. The minimum Gasteiger partial charge on any atom is -0.482 e. The van der Waals surface area contributed by atoms with E-state index in [0.717, 1.165) is 30.2 Å². The Kier molecular flexibility index (Phi) is 5.18. The number of carbonyl (C=O) groups excluding carboxylic acids is 1. The molecule has 1 aromatic carbocycles. The molecule has 4 saturated carbocycles. The SMILES string of the molecule is O=C(COc1ccc(Cl)cc1)OCCNC1C2CC3CC(C2)CC1C3. The maximum atomic E-state index is 11.8. The van der Waals surface area contributed by atoms with Gasteiger partial charge in [-0.1, -0.05) is 11.6 Å². The lowest BCUT2D eigenvalue weighted by Gasteiger charge is -2.54. The van der Waals surface area contributed by atoms with Crippen LogP contribution in [0.4, 0.5) is 0 Å². The maximum absolute atomic E-state index is 11.8. The largest absolute Gasteiger partial charge is 0.482 e. The lowest BCUT2D eigenvalue weighted by molar-refractivity contribution is -0.146. The number of carbonyl (C=O) groups is 1. The van der Waals surface area contributed by atoms with Crippen LogP contribution in [0, 0.1) is 23.7 Å². The molecule has 0 heterocycles. The van der Waals surface area contributed by atoms with Gasteiger partial charge in [-0.15, -0.1) is 0 Å². The lowest BCUT2D eigenvalue weighted by atomic mass is 9.54. The van der Waals surface area contributed by atoms with Gasteiger partial charge in [-0.05, 0) is 80.0 Å². The number of rotatable bonds is 7. The zero-order valence-electron chi connectivity index (χ0n) is 14.5. The van der Waals surface area contributed by atoms with Gasteiger partial charge in [-0.3, -0.25) is 0 Å². The molecule has 0 aromatic heterocycles. The first-order valence-electron chi connectivity index (χ1n) is 9.45. The third kappa shape index (κ3) is 4.12. The fraction of sp³-hybridized carbons (Fsp3) is 0.650. The molecule has 4 aliphatic carbocycles. The van der Waals surface area contributed by atoms with E-state index in [1.54, 1.807) is 24.3 Å². The number of benzene rings is 1. The Morgan fingerprint density at radius 2 is 1.68 bits per heavy atom. The van der Waals surface area contributed by atoms with Crippen molar-refractivity contribution in [3.05, 3.63) is 29.3 Å². The van der Waals surface area contributed by atoms with Gasteiger partial charge in [0.15, 0.2) is 6.61 Å². The van der Waals surface area contributed by atoms with Crippen LogP contribution in [0.15, 0.2) is 24.3 Å². The third-order valence-electron chi connectivity index (χ3n) is 6.14. The molecule has 5 rings (SSSR count). The van der Waals surface area contributed by atoms with Gasteiger partial charge in [0.1, 0.15) is 12.4 Å². The molecule has 0 aliphatic heterocycles. The van der Waals surface area contributed by atoms with Gasteiger partial charge in [0.25, 0.3) is 0 Å². The lowest BCUT2D eigenvalue weighted by Crippen LogP contribution is -2.55. The monoisotopic (exact) mass is 363 g/mol. The summed E-state index contributed by atoms with van der Waals surface area (Å²) in [5.41, 5.74) is 0. The van der Waals surface area contributed by atoms with Crippen molar-refractivity contribution in [1.29, 1.82) is 0 Å². The van der Waals surface area contributed by atoms with E-state index in [1.807, 2.05) is 0 Å². The second kappa shape index (κ2) is 7.55. The highest BCUT2D eigenvalue weighted by Gasteiger charge is 2.47. The van der Waals surface area contributed by atoms with Gasteiger partial charge in [0.05, 0.1) is 0 Å². The predicted molar refractivity (Wildman–Crippen MR) is 96.7 cm³/mol. The summed E-state index contributed by atoms with van der Waals surface area (Å²) in [4.78, 5) is 11.8. The van der Waals surface area contributed by atoms with Gasteiger partial charge < -0.3 is 14.8 Å². The first-order valence-corrected chi connectivity index (χ1v) is 9.82. The summed E-state index contributed by atoms with van der Waals surface area (Å²) >= 11 is 5.81. The first kappa shape index (κ1) is 17.2. The third-order valence-corrected chi connectivity index (χ3v) is 6.39. The Balaban J connectivity index is 1.14. The van der Waals surface area contributed by atoms with Gasteiger partial charge in [-0.2, -0.15) is 0 Å². The van der Waals surface area contributed by atoms with Crippen molar-refractivity contribution >= 4 is 17.6 Å². The summed E-state index contributed by atoms with van der Waals surface area (Å²) < 4.78 is 10.7. The van der Waals surface area contributed by atoms with Crippen molar-refractivity contribution in [2.75, 3.05) is 19.8 Å². The quantitative estimate of drug-likeness (QED) is 0.593. The van der Waals surface area contributed by atoms with Gasteiger partial charge in [0, 0.05) is 17.6 Å². The fourth-order valence-electron chi connectivity index (χ4n) is 5.36. The summed E-state index contributed by atoms with van der Waals surface area (Å²) in [6.45, 7) is 1.07. The molecule has 4 aliphatic rings. The van der Waals surface area contributed by atoms with Crippen molar-refractivity contribution in [1.82, 2.24) is 5.32 Å². The summed E-state index contributed by atoms with van der Waals surface area (Å²) in [7, 11) is 0. The van der Waals surface area contributed by atoms with Gasteiger partial charge in [0.2, 0.25) is 0 Å². The Morgan fingerprint density at radius 1 is 1.04 bits per heavy atom. The molecular weight excluding hydrogens is 338 g/mol. The molecule has 136 valence electrons. The van der Waals surface area contributed by atoms with Crippen LogP contribution in [-0.2, 0) is 9.53 Å². The van der Waals surface area contributed by atoms with Gasteiger partial charge in [-0.25, -0.2) is 4.79 Å². The molecule has 25 heavy (non-hydrogen) atoms. The summed E-state index contributed by atoms with van der Waals surface area (Å²) in [5.74, 6) is 3.96. The van der Waals surface area contributed by atoms with Crippen LogP contribution in [0.1, 0.15) is 32.1 Å². The maximum Gasteiger partial charge on any atom is 0.344 e. The predicted octanol–water partition coefficient (Wildman–Crippen LogP) is 3.68. The highest BCUT2D eigenvalue weighted by molar-refractivity contribution is 6.30. The number of ether oxygens (including phenoxy) is 2. The molecule has 0 spiro atoms. The van der Waals surface area contributed by atoms with Crippen molar-refractivity contribution in [2.45, 2.75) is 38.1 Å². The summed E-state index contributed by atoms with van der Waals surface area (Å²) in [5, 5.41) is 4.31. The van der Waals surface area contributed by atoms with Crippen molar-refractivity contribution in [3.63, 3.8) is 0 Å². The van der Waals surface area contributed by atoms with E-state index >= 15 is 0 Å². The van der Waals surface area contributed by atoms with Crippen molar-refractivity contribution in [3.8, 4) is 5.75 Å². The van der Waals surface area contributed by atoms with Crippen LogP contribution in [0.5, 0.6) is 5.75 Å². The van der Waals surface area contributed by atoms with Crippen LogP contribution >= 0.6 is 11.6 Å². The Bertz CT molecular complexity index is 575. The zero-order valence-corrected chi connectivity index (χ0v) is 15.2. The molecule has 4 bridgehead atoms.